The van der Waals surface area contributed by atoms with Crippen LogP contribution in [0.4, 0.5) is 0 Å². The lowest BCUT2D eigenvalue weighted by Crippen LogP contribution is -2.17. The molecule has 0 radical (unpaired) electrons. The minimum atomic E-state index is 0.0747. The van der Waals surface area contributed by atoms with Crippen LogP contribution in [0, 0.1) is 0 Å². The molecule has 100 valence electrons. The van der Waals surface area contributed by atoms with Crippen molar-refractivity contribution in [3.8, 4) is 0 Å². The number of imidazole rings is 1. The largest absolute Gasteiger partial charge is 0.354 e. The molecule has 1 aliphatic heterocycles. The van der Waals surface area contributed by atoms with Crippen LogP contribution in [-0.4, -0.2) is 27.9 Å². The van der Waals surface area contributed by atoms with Crippen LogP contribution >= 0.6 is 23.2 Å². The highest BCUT2D eigenvalue weighted by Gasteiger charge is 2.27. The number of aryl methyl sites for hydroxylation is 1. The summed E-state index contributed by atoms with van der Waals surface area (Å²) in [5, 5.41) is 3.48. The molecule has 6 heteroatoms. The number of aromatic nitrogens is 2. The molecule has 1 unspecified atom stereocenters. The Balaban J connectivity index is 2.16. The molecule has 4 nitrogen and oxygen atoms in total. The maximum Gasteiger partial charge on any atom is 0.222 e. The van der Waals surface area contributed by atoms with E-state index < -0.39 is 0 Å². The Labute approximate surface area is 120 Å². The fraction of sp³-hybridized carbons (Fsp3) is 0.385. The number of nitrogens with one attached hydrogen (secondary N) is 1. The number of carbonyl (C=O) groups is 1. The smallest absolute Gasteiger partial charge is 0.222 e. The van der Waals surface area contributed by atoms with Crippen LogP contribution in [0.2, 0.25) is 5.02 Å². The molecule has 2 heterocycles. The number of hydrogen-bond acceptors (Lipinski definition) is 2. The molecule has 1 atom stereocenters. The molecule has 1 aromatic heterocycles. The van der Waals surface area contributed by atoms with Crippen molar-refractivity contribution in [2.75, 3.05) is 12.4 Å². The molecule has 3 rings (SSSR count). The zero-order valence-corrected chi connectivity index (χ0v) is 11.7. The summed E-state index contributed by atoms with van der Waals surface area (Å²) in [5.41, 5.74) is 1.75. The summed E-state index contributed by atoms with van der Waals surface area (Å²) in [6.07, 6.45) is 1.14. The van der Waals surface area contributed by atoms with Crippen molar-refractivity contribution < 1.29 is 4.79 Å². The second kappa shape index (κ2) is 5.02. The SMILES string of the molecule is O=C1CC(n2c(CCCl)nc3c(Cl)cccc32)CN1. The summed E-state index contributed by atoms with van der Waals surface area (Å²) in [4.78, 5) is 16.0. The molecular formula is C13H13Cl2N3O. The Morgan fingerprint density at radius 2 is 2.32 bits per heavy atom. The van der Waals surface area contributed by atoms with Gasteiger partial charge in [-0.25, -0.2) is 4.98 Å². The van der Waals surface area contributed by atoms with Gasteiger partial charge >= 0.3 is 0 Å². The van der Waals surface area contributed by atoms with Gasteiger partial charge in [0.25, 0.3) is 0 Å². The molecule has 1 N–H and O–H groups in total. The van der Waals surface area contributed by atoms with E-state index in [9.17, 15) is 4.79 Å². The highest BCUT2D eigenvalue weighted by molar-refractivity contribution is 6.34. The normalized spacial score (nSPS) is 19.1. The Bertz CT molecular complexity index is 638. The van der Waals surface area contributed by atoms with Gasteiger partial charge in [-0.05, 0) is 12.1 Å². The van der Waals surface area contributed by atoms with Crippen LogP contribution in [0.3, 0.4) is 0 Å². The molecule has 0 spiro atoms. The number of para-hydroxylation sites is 1. The molecule has 1 saturated heterocycles. The lowest BCUT2D eigenvalue weighted by atomic mass is 10.2. The first kappa shape index (κ1) is 12.8. The maximum atomic E-state index is 11.4. The van der Waals surface area contributed by atoms with Gasteiger partial charge in [-0.3, -0.25) is 4.79 Å². The van der Waals surface area contributed by atoms with E-state index >= 15 is 0 Å². The third-order valence-electron chi connectivity index (χ3n) is 3.38. The van der Waals surface area contributed by atoms with E-state index in [0.29, 0.717) is 30.3 Å². The second-order valence-electron chi connectivity index (χ2n) is 4.61. The minimum Gasteiger partial charge on any atom is -0.354 e. The number of alkyl halides is 1. The van der Waals surface area contributed by atoms with Crippen LogP contribution < -0.4 is 5.32 Å². The fourth-order valence-corrected chi connectivity index (χ4v) is 2.95. The monoisotopic (exact) mass is 297 g/mol. The van der Waals surface area contributed by atoms with E-state index in [1.807, 2.05) is 18.2 Å². The minimum absolute atomic E-state index is 0.0747. The second-order valence-corrected chi connectivity index (χ2v) is 5.39. The predicted molar refractivity (Wildman–Crippen MR) is 75.8 cm³/mol. The van der Waals surface area contributed by atoms with Gasteiger partial charge in [0.1, 0.15) is 11.3 Å². The van der Waals surface area contributed by atoms with Crippen LogP contribution in [0.1, 0.15) is 18.3 Å². The van der Waals surface area contributed by atoms with Crippen molar-refractivity contribution in [3.63, 3.8) is 0 Å². The zero-order chi connectivity index (χ0) is 13.4. The Morgan fingerprint density at radius 3 is 3.00 bits per heavy atom. The van der Waals surface area contributed by atoms with Crippen LogP contribution in [0.15, 0.2) is 18.2 Å². The summed E-state index contributed by atoms with van der Waals surface area (Å²) >= 11 is 12.0. The molecule has 1 aromatic carbocycles. The molecule has 0 bridgehead atoms. The summed E-state index contributed by atoms with van der Waals surface area (Å²) < 4.78 is 2.10. The Kier molecular flexibility index (Phi) is 3.37. The number of fused-ring (bicyclic) bond motifs is 1. The first-order valence-electron chi connectivity index (χ1n) is 6.18. The van der Waals surface area contributed by atoms with Crippen LogP contribution in [-0.2, 0) is 11.2 Å². The van der Waals surface area contributed by atoms with Crippen molar-refractivity contribution in [1.29, 1.82) is 0 Å². The van der Waals surface area contributed by atoms with E-state index in [-0.39, 0.29) is 11.9 Å². The van der Waals surface area contributed by atoms with Gasteiger partial charge < -0.3 is 9.88 Å². The number of rotatable bonds is 3. The standard InChI is InChI=1S/C13H13Cl2N3O/c14-5-4-11-17-13-9(15)2-1-3-10(13)18(11)8-6-12(19)16-7-8/h1-3,8H,4-7H2,(H,16,19). The van der Waals surface area contributed by atoms with E-state index in [2.05, 4.69) is 14.9 Å². The van der Waals surface area contributed by atoms with Gasteiger partial charge in [-0.15, -0.1) is 11.6 Å². The molecule has 1 aliphatic rings. The molecule has 2 aromatic rings. The fourth-order valence-electron chi connectivity index (χ4n) is 2.57. The lowest BCUT2D eigenvalue weighted by Gasteiger charge is -2.14. The molecule has 19 heavy (non-hydrogen) atoms. The third-order valence-corrected chi connectivity index (χ3v) is 3.88. The van der Waals surface area contributed by atoms with Gasteiger partial charge in [0.2, 0.25) is 5.91 Å². The molecule has 1 amide bonds. The zero-order valence-electron chi connectivity index (χ0n) is 10.2. The van der Waals surface area contributed by atoms with Crippen molar-refractivity contribution in [2.24, 2.45) is 0 Å². The summed E-state index contributed by atoms with van der Waals surface area (Å²) in [7, 11) is 0. The Morgan fingerprint density at radius 1 is 1.47 bits per heavy atom. The number of amides is 1. The van der Waals surface area contributed by atoms with E-state index in [1.165, 1.54) is 0 Å². The highest BCUT2D eigenvalue weighted by atomic mass is 35.5. The topological polar surface area (TPSA) is 46.9 Å². The van der Waals surface area contributed by atoms with Gasteiger partial charge in [0, 0.05) is 25.3 Å². The number of carbonyl (C=O) groups excluding carboxylic acids is 1. The summed E-state index contributed by atoms with van der Waals surface area (Å²) in [6, 6.07) is 5.80. The molecule has 0 aliphatic carbocycles. The van der Waals surface area contributed by atoms with E-state index in [0.717, 1.165) is 16.9 Å². The van der Waals surface area contributed by atoms with Crippen molar-refractivity contribution >= 4 is 40.1 Å². The highest BCUT2D eigenvalue weighted by Crippen LogP contribution is 2.29. The molecular weight excluding hydrogens is 285 g/mol. The van der Waals surface area contributed by atoms with Crippen molar-refractivity contribution in [3.05, 3.63) is 29.0 Å². The number of halogens is 2. The maximum absolute atomic E-state index is 11.4. The van der Waals surface area contributed by atoms with E-state index in [4.69, 9.17) is 23.2 Å². The van der Waals surface area contributed by atoms with E-state index in [1.54, 1.807) is 0 Å². The third kappa shape index (κ3) is 2.19. The number of benzene rings is 1. The lowest BCUT2D eigenvalue weighted by molar-refractivity contribution is -0.119. The number of hydrogen-bond donors (Lipinski definition) is 1. The van der Waals surface area contributed by atoms with Crippen LogP contribution in [0.5, 0.6) is 0 Å². The average Bonchev–Trinajstić information content (AvgIpc) is 2.94. The average molecular weight is 298 g/mol. The van der Waals surface area contributed by atoms with Crippen molar-refractivity contribution in [1.82, 2.24) is 14.9 Å². The van der Waals surface area contributed by atoms with Crippen molar-refractivity contribution in [2.45, 2.75) is 18.9 Å². The van der Waals surface area contributed by atoms with Gasteiger partial charge in [-0.2, -0.15) is 0 Å². The Hall–Kier alpha value is -1.26. The first-order chi connectivity index (χ1) is 9.20. The predicted octanol–water partition coefficient (Wildman–Crippen LogP) is 2.53. The number of nitrogens with zero attached hydrogens (tertiary/aromatic N) is 2. The van der Waals surface area contributed by atoms with Gasteiger partial charge in [0.05, 0.1) is 16.6 Å². The van der Waals surface area contributed by atoms with Gasteiger partial charge in [0.15, 0.2) is 0 Å². The summed E-state index contributed by atoms with van der Waals surface area (Å²) in [5.74, 6) is 1.46. The summed E-state index contributed by atoms with van der Waals surface area (Å²) in [6.45, 7) is 0.631. The van der Waals surface area contributed by atoms with Gasteiger partial charge in [-0.1, -0.05) is 17.7 Å². The van der Waals surface area contributed by atoms with Crippen LogP contribution in [0.25, 0.3) is 11.0 Å². The quantitative estimate of drug-likeness (QED) is 0.885. The molecule has 0 saturated carbocycles. The first-order valence-corrected chi connectivity index (χ1v) is 7.10. The molecule has 1 fully saturated rings.